The molecule has 0 aliphatic carbocycles. The number of anilines is 1. The summed E-state index contributed by atoms with van der Waals surface area (Å²) in [6.45, 7) is 1.79. The van der Waals surface area contributed by atoms with Crippen molar-refractivity contribution >= 4 is 33.4 Å². The topological polar surface area (TPSA) is 58.3 Å². The highest BCUT2D eigenvalue weighted by atomic mass is 79.9. The third-order valence-corrected chi connectivity index (χ3v) is 4.86. The number of nitrogen functional groups attached to an aromatic ring is 1. The normalized spacial score (nSPS) is 19.2. The molecule has 4 N–H and O–H groups in total. The minimum Gasteiger partial charge on any atom is -0.398 e. The molecule has 1 heterocycles. The van der Waals surface area contributed by atoms with Crippen molar-refractivity contribution in [3.8, 4) is 0 Å². The molecule has 1 aliphatic rings. The number of hydrogen-bond acceptors (Lipinski definition) is 4. The van der Waals surface area contributed by atoms with Crippen molar-refractivity contribution in [1.82, 2.24) is 5.32 Å². The second-order valence-corrected chi connectivity index (χ2v) is 6.38. The maximum Gasteiger partial charge on any atom is 0.0765 e. The van der Waals surface area contributed by atoms with Crippen molar-refractivity contribution in [2.75, 3.05) is 24.6 Å². The van der Waals surface area contributed by atoms with Crippen LogP contribution in [0.1, 0.15) is 12.8 Å². The lowest BCUT2D eigenvalue weighted by Crippen LogP contribution is -2.43. The Kier molecular flexibility index (Phi) is 4.36. The Labute approximate surface area is 114 Å². The van der Waals surface area contributed by atoms with Crippen LogP contribution in [-0.4, -0.2) is 29.5 Å². The van der Waals surface area contributed by atoms with Crippen LogP contribution in [0.15, 0.2) is 27.6 Å². The molecule has 5 heteroatoms. The standard InChI is InChI=1S/C12H17BrN2OS/c13-9-1-2-11(10(14)7-9)17-8-12(16)3-5-15-6-4-12/h1-2,7,15-16H,3-6,8,14H2. The quantitative estimate of drug-likeness (QED) is 0.591. The molecule has 0 bridgehead atoms. The summed E-state index contributed by atoms with van der Waals surface area (Å²) >= 11 is 5.03. The molecule has 1 fully saturated rings. The van der Waals surface area contributed by atoms with Gasteiger partial charge in [0.1, 0.15) is 0 Å². The van der Waals surface area contributed by atoms with E-state index in [2.05, 4.69) is 21.2 Å². The van der Waals surface area contributed by atoms with Crippen LogP contribution < -0.4 is 11.1 Å². The van der Waals surface area contributed by atoms with Crippen LogP contribution in [-0.2, 0) is 0 Å². The SMILES string of the molecule is Nc1cc(Br)ccc1SCC1(O)CCNCC1. The van der Waals surface area contributed by atoms with E-state index in [-0.39, 0.29) is 0 Å². The maximum atomic E-state index is 10.4. The second kappa shape index (κ2) is 5.61. The molecule has 0 atom stereocenters. The van der Waals surface area contributed by atoms with Gasteiger partial charge in [-0.15, -0.1) is 11.8 Å². The number of benzene rings is 1. The van der Waals surface area contributed by atoms with Gasteiger partial charge in [0.05, 0.1) is 5.60 Å². The lowest BCUT2D eigenvalue weighted by Gasteiger charge is -2.32. The molecule has 3 nitrogen and oxygen atoms in total. The molecular weight excluding hydrogens is 300 g/mol. The zero-order chi connectivity index (χ0) is 12.3. The van der Waals surface area contributed by atoms with E-state index in [1.165, 1.54) is 0 Å². The Morgan fingerprint density at radius 2 is 2.12 bits per heavy atom. The zero-order valence-electron chi connectivity index (χ0n) is 9.58. The molecule has 0 radical (unpaired) electrons. The molecule has 0 unspecified atom stereocenters. The van der Waals surface area contributed by atoms with Gasteiger partial charge in [0.2, 0.25) is 0 Å². The van der Waals surface area contributed by atoms with Gasteiger partial charge in [-0.1, -0.05) is 15.9 Å². The van der Waals surface area contributed by atoms with Crippen molar-refractivity contribution in [2.45, 2.75) is 23.3 Å². The van der Waals surface area contributed by atoms with Crippen molar-refractivity contribution in [3.05, 3.63) is 22.7 Å². The summed E-state index contributed by atoms with van der Waals surface area (Å²) < 4.78 is 0.986. The van der Waals surface area contributed by atoms with Gasteiger partial charge in [-0.2, -0.15) is 0 Å². The van der Waals surface area contributed by atoms with E-state index in [9.17, 15) is 5.11 Å². The monoisotopic (exact) mass is 316 g/mol. The van der Waals surface area contributed by atoms with Gasteiger partial charge in [-0.25, -0.2) is 0 Å². The Hall–Kier alpha value is -0.230. The van der Waals surface area contributed by atoms with Gasteiger partial charge in [0.25, 0.3) is 0 Å². The van der Waals surface area contributed by atoms with E-state index in [0.29, 0.717) is 5.75 Å². The van der Waals surface area contributed by atoms with Crippen LogP contribution >= 0.6 is 27.7 Å². The molecule has 1 aliphatic heterocycles. The Morgan fingerprint density at radius 1 is 1.41 bits per heavy atom. The fourth-order valence-electron chi connectivity index (χ4n) is 1.90. The van der Waals surface area contributed by atoms with E-state index in [4.69, 9.17) is 5.73 Å². The molecule has 1 aromatic carbocycles. The minimum atomic E-state index is -0.546. The summed E-state index contributed by atoms with van der Waals surface area (Å²) in [5.41, 5.74) is 6.15. The first-order valence-corrected chi connectivity index (χ1v) is 7.48. The summed E-state index contributed by atoms with van der Waals surface area (Å²) in [5.74, 6) is 0.709. The van der Waals surface area contributed by atoms with E-state index in [1.54, 1.807) is 11.8 Å². The predicted molar refractivity (Wildman–Crippen MR) is 76.3 cm³/mol. The molecule has 2 rings (SSSR count). The highest BCUT2D eigenvalue weighted by molar-refractivity contribution is 9.10. The van der Waals surface area contributed by atoms with Crippen LogP contribution in [0, 0.1) is 0 Å². The van der Waals surface area contributed by atoms with Crippen molar-refractivity contribution in [2.24, 2.45) is 0 Å². The third-order valence-electron chi connectivity index (χ3n) is 3.00. The molecule has 0 spiro atoms. The highest BCUT2D eigenvalue weighted by Crippen LogP contribution is 2.32. The second-order valence-electron chi connectivity index (χ2n) is 4.45. The number of halogens is 1. The highest BCUT2D eigenvalue weighted by Gasteiger charge is 2.29. The summed E-state index contributed by atoms with van der Waals surface area (Å²) in [5, 5.41) is 13.6. The summed E-state index contributed by atoms with van der Waals surface area (Å²) in [6.07, 6.45) is 1.63. The first-order chi connectivity index (χ1) is 8.09. The fourth-order valence-corrected chi connectivity index (χ4v) is 3.38. The van der Waals surface area contributed by atoms with E-state index in [1.807, 2.05) is 18.2 Å². The molecule has 0 aromatic heterocycles. The lowest BCUT2D eigenvalue weighted by atomic mass is 9.95. The summed E-state index contributed by atoms with van der Waals surface area (Å²) in [7, 11) is 0. The Morgan fingerprint density at radius 3 is 2.76 bits per heavy atom. The van der Waals surface area contributed by atoms with Crippen molar-refractivity contribution in [3.63, 3.8) is 0 Å². The van der Waals surface area contributed by atoms with Crippen LogP contribution in [0.5, 0.6) is 0 Å². The van der Waals surface area contributed by atoms with Crippen molar-refractivity contribution in [1.29, 1.82) is 0 Å². The number of hydrogen-bond donors (Lipinski definition) is 3. The smallest absolute Gasteiger partial charge is 0.0765 e. The van der Waals surface area contributed by atoms with E-state index >= 15 is 0 Å². The first-order valence-electron chi connectivity index (χ1n) is 5.70. The average molecular weight is 317 g/mol. The number of nitrogens with two attached hydrogens (primary N) is 1. The number of rotatable bonds is 3. The van der Waals surface area contributed by atoms with E-state index in [0.717, 1.165) is 41.0 Å². The van der Waals surface area contributed by atoms with Gasteiger partial charge in [0.15, 0.2) is 0 Å². The fraction of sp³-hybridized carbons (Fsp3) is 0.500. The minimum absolute atomic E-state index is 0.546. The largest absolute Gasteiger partial charge is 0.398 e. The third kappa shape index (κ3) is 3.61. The van der Waals surface area contributed by atoms with Gasteiger partial charge in [0, 0.05) is 20.8 Å². The number of aliphatic hydroxyl groups is 1. The zero-order valence-corrected chi connectivity index (χ0v) is 12.0. The van der Waals surface area contributed by atoms with Gasteiger partial charge < -0.3 is 16.2 Å². The number of piperidine rings is 1. The molecule has 94 valence electrons. The lowest BCUT2D eigenvalue weighted by molar-refractivity contribution is 0.0339. The first kappa shape index (κ1) is 13.2. The van der Waals surface area contributed by atoms with E-state index < -0.39 is 5.60 Å². The molecular formula is C12H17BrN2OS. The molecule has 0 saturated carbocycles. The van der Waals surface area contributed by atoms with Crippen LogP contribution in [0.2, 0.25) is 0 Å². The summed E-state index contributed by atoms with van der Waals surface area (Å²) in [4.78, 5) is 1.04. The predicted octanol–water partition coefficient (Wildman–Crippen LogP) is 2.24. The van der Waals surface area contributed by atoms with Gasteiger partial charge in [-0.05, 0) is 44.1 Å². The molecule has 0 amide bonds. The molecule has 17 heavy (non-hydrogen) atoms. The summed E-state index contributed by atoms with van der Waals surface area (Å²) in [6, 6.07) is 5.87. The number of nitrogens with one attached hydrogen (secondary N) is 1. The Bertz CT molecular complexity index is 394. The maximum absolute atomic E-state index is 10.4. The number of thioether (sulfide) groups is 1. The van der Waals surface area contributed by atoms with Gasteiger partial charge in [-0.3, -0.25) is 0 Å². The molecule has 1 saturated heterocycles. The molecule has 1 aromatic rings. The van der Waals surface area contributed by atoms with Crippen LogP contribution in [0.25, 0.3) is 0 Å². The van der Waals surface area contributed by atoms with Crippen LogP contribution in [0.4, 0.5) is 5.69 Å². The van der Waals surface area contributed by atoms with Crippen molar-refractivity contribution < 1.29 is 5.11 Å². The van der Waals surface area contributed by atoms with Gasteiger partial charge >= 0.3 is 0 Å². The average Bonchev–Trinajstić information content (AvgIpc) is 2.29. The Balaban J connectivity index is 1.97. The van der Waals surface area contributed by atoms with Crippen LogP contribution in [0.3, 0.4) is 0 Å².